The van der Waals surface area contributed by atoms with Crippen molar-refractivity contribution < 1.29 is 4.79 Å². The van der Waals surface area contributed by atoms with Gasteiger partial charge in [-0.3, -0.25) is 4.79 Å². The van der Waals surface area contributed by atoms with Gasteiger partial charge in [0.15, 0.2) is 0 Å². The number of aromatic nitrogens is 1. The van der Waals surface area contributed by atoms with Gasteiger partial charge < -0.3 is 15.2 Å². The molecule has 1 fully saturated rings. The van der Waals surface area contributed by atoms with E-state index in [1.165, 1.54) is 12.8 Å². The molecule has 1 saturated heterocycles. The number of nitrogens with one attached hydrogen (secondary N) is 2. The molecule has 4 heteroatoms. The zero-order valence-corrected chi connectivity index (χ0v) is 11.1. The number of rotatable bonds is 5. The minimum Gasteiger partial charge on any atom is -0.353 e. The third-order valence-corrected chi connectivity index (χ3v) is 3.76. The van der Waals surface area contributed by atoms with Gasteiger partial charge in [0.2, 0.25) is 5.91 Å². The summed E-state index contributed by atoms with van der Waals surface area (Å²) in [6.45, 7) is 2.85. The maximum atomic E-state index is 11.8. The van der Waals surface area contributed by atoms with E-state index in [2.05, 4.69) is 10.6 Å². The quantitative estimate of drug-likeness (QED) is 0.829. The summed E-state index contributed by atoms with van der Waals surface area (Å²) < 4.78 is 2.03. The minimum absolute atomic E-state index is 0.176. The van der Waals surface area contributed by atoms with E-state index in [-0.39, 0.29) is 5.91 Å². The van der Waals surface area contributed by atoms with Crippen molar-refractivity contribution in [3.63, 3.8) is 0 Å². The average molecular weight is 249 g/mol. The topological polar surface area (TPSA) is 46.1 Å². The molecular weight excluding hydrogens is 226 g/mol. The van der Waals surface area contributed by atoms with Crippen LogP contribution in [0.3, 0.4) is 0 Å². The van der Waals surface area contributed by atoms with Gasteiger partial charge in [0.05, 0.1) is 6.54 Å². The molecule has 0 aliphatic carbocycles. The van der Waals surface area contributed by atoms with Crippen LogP contribution in [0, 0.1) is 5.92 Å². The summed E-state index contributed by atoms with van der Waals surface area (Å²) in [5.74, 6) is 0.904. The molecule has 18 heavy (non-hydrogen) atoms. The highest BCUT2D eigenvalue weighted by Crippen LogP contribution is 2.17. The molecule has 0 atom stereocenters. The van der Waals surface area contributed by atoms with Gasteiger partial charge in [-0.15, -0.1) is 0 Å². The number of amides is 1. The van der Waals surface area contributed by atoms with Gasteiger partial charge in [0.1, 0.15) is 0 Å². The number of carbonyl (C=O) groups is 1. The second kappa shape index (κ2) is 6.59. The van der Waals surface area contributed by atoms with E-state index in [0.717, 1.165) is 31.1 Å². The molecule has 2 N–H and O–H groups in total. The maximum Gasteiger partial charge on any atom is 0.220 e. The largest absolute Gasteiger partial charge is 0.353 e. The number of hydrogen-bond donors (Lipinski definition) is 2. The van der Waals surface area contributed by atoms with Crippen LogP contribution < -0.4 is 10.6 Å². The normalized spacial score (nSPS) is 16.7. The predicted octanol–water partition coefficient (Wildman–Crippen LogP) is 1.42. The summed E-state index contributed by atoms with van der Waals surface area (Å²) in [4.78, 5) is 11.8. The zero-order chi connectivity index (χ0) is 12.8. The standard InChI is InChI=1S/C14H23N3O/c1-17-10-2-3-13(17)11-16-14(18)5-4-12-6-8-15-9-7-12/h2-3,10,12,15H,4-9,11H2,1H3,(H,16,18). The van der Waals surface area contributed by atoms with Gasteiger partial charge in [0.25, 0.3) is 0 Å². The Morgan fingerprint density at radius 3 is 2.94 bits per heavy atom. The summed E-state index contributed by atoms with van der Waals surface area (Å²) in [6, 6.07) is 4.03. The van der Waals surface area contributed by atoms with E-state index in [0.29, 0.717) is 13.0 Å². The third-order valence-electron chi connectivity index (χ3n) is 3.76. The second-order valence-electron chi connectivity index (χ2n) is 5.12. The van der Waals surface area contributed by atoms with E-state index in [1.807, 2.05) is 29.9 Å². The summed E-state index contributed by atoms with van der Waals surface area (Å²) in [7, 11) is 2.00. The Hall–Kier alpha value is -1.29. The van der Waals surface area contributed by atoms with Crippen LogP contribution in [0.5, 0.6) is 0 Å². The van der Waals surface area contributed by atoms with Gasteiger partial charge in [0, 0.05) is 25.4 Å². The maximum absolute atomic E-state index is 11.8. The molecular formula is C14H23N3O. The Kier molecular flexibility index (Phi) is 4.81. The van der Waals surface area contributed by atoms with Crippen molar-refractivity contribution in [3.8, 4) is 0 Å². The Morgan fingerprint density at radius 1 is 1.50 bits per heavy atom. The summed E-state index contributed by atoms with van der Waals surface area (Å²) in [5.41, 5.74) is 1.14. The van der Waals surface area contributed by atoms with E-state index < -0.39 is 0 Å². The fourth-order valence-corrected chi connectivity index (χ4v) is 2.46. The molecule has 4 nitrogen and oxygen atoms in total. The fraction of sp³-hybridized carbons (Fsp3) is 0.643. The molecule has 2 rings (SSSR count). The van der Waals surface area contributed by atoms with Crippen molar-refractivity contribution in [2.24, 2.45) is 13.0 Å². The lowest BCUT2D eigenvalue weighted by Crippen LogP contribution is -2.29. The molecule has 0 spiro atoms. The van der Waals surface area contributed by atoms with E-state index in [9.17, 15) is 4.79 Å². The van der Waals surface area contributed by atoms with Gasteiger partial charge in [-0.2, -0.15) is 0 Å². The molecule has 0 aromatic carbocycles. The average Bonchev–Trinajstić information content (AvgIpc) is 2.81. The van der Waals surface area contributed by atoms with Crippen LogP contribution in [0.2, 0.25) is 0 Å². The highest BCUT2D eigenvalue weighted by Gasteiger charge is 2.14. The number of hydrogen-bond acceptors (Lipinski definition) is 2. The van der Waals surface area contributed by atoms with Crippen molar-refractivity contribution in [1.82, 2.24) is 15.2 Å². The molecule has 1 aliphatic rings. The highest BCUT2D eigenvalue weighted by atomic mass is 16.1. The lowest BCUT2D eigenvalue weighted by molar-refractivity contribution is -0.121. The van der Waals surface area contributed by atoms with Crippen molar-refractivity contribution in [2.75, 3.05) is 13.1 Å². The Morgan fingerprint density at radius 2 is 2.28 bits per heavy atom. The van der Waals surface area contributed by atoms with Gasteiger partial charge in [-0.25, -0.2) is 0 Å². The molecule has 0 radical (unpaired) electrons. The van der Waals surface area contributed by atoms with E-state index >= 15 is 0 Å². The zero-order valence-electron chi connectivity index (χ0n) is 11.1. The van der Waals surface area contributed by atoms with Gasteiger partial charge in [-0.1, -0.05) is 0 Å². The molecule has 0 unspecified atom stereocenters. The molecule has 2 heterocycles. The van der Waals surface area contributed by atoms with Crippen LogP contribution in [-0.2, 0) is 18.4 Å². The molecule has 1 aromatic heterocycles. The lowest BCUT2D eigenvalue weighted by atomic mass is 9.93. The monoisotopic (exact) mass is 249 g/mol. The smallest absolute Gasteiger partial charge is 0.220 e. The molecule has 1 aliphatic heterocycles. The predicted molar refractivity (Wildman–Crippen MR) is 72.1 cm³/mol. The van der Waals surface area contributed by atoms with Crippen LogP contribution in [0.25, 0.3) is 0 Å². The molecule has 0 bridgehead atoms. The van der Waals surface area contributed by atoms with Gasteiger partial charge in [-0.05, 0) is 50.4 Å². The fourth-order valence-electron chi connectivity index (χ4n) is 2.46. The molecule has 1 amide bonds. The van der Waals surface area contributed by atoms with Crippen LogP contribution >= 0.6 is 0 Å². The molecule has 0 saturated carbocycles. The minimum atomic E-state index is 0.176. The van der Waals surface area contributed by atoms with Crippen LogP contribution in [0.15, 0.2) is 18.3 Å². The second-order valence-corrected chi connectivity index (χ2v) is 5.12. The number of piperidine rings is 1. The third kappa shape index (κ3) is 3.88. The highest BCUT2D eigenvalue weighted by molar-refractivity contribution is 5.75. The van der Waals surface area contributed by atoms with Crippen molar-refractivity contribution in [1.29, 1.82) is 0 Å². The first kappa shape index (κ1) is 13.1. The summed E-state index contributed by atoms with van der Waals surface area (Å²) in [5, 5.41) is 6.34. The summed E-state index contributed by atoms with van der Waals surface area (Å²) in [6.07, 6.45) is 6.11. The van der Waals surface area contributed by atoms with Crippen molar-refractivity contribution >= 4 is 5.91 Å². The SMILES string of the molecule is Cn1cccc1CNC(=O)CCC1CCNCC1. The van der Waals surface area contributed by atoms with E-state index in [1.54, 1.807) is 0 Å². The first-order valence-electron chi connectivity index (χ1n) is 6.83. The first-order chi connectivity index (χ1) is 8.75. The Labute approximate surface area is 109 Å². The molecule has 100 valence electrons. The lowest BCUT2D eigenvalue weighted by Gasteiger charge is -2.22. The van der Waals surface area contributed by atoms with Crippen LogP contribution in [0.1, 0.15) is 31.4 Å². The first-order valence-corrected chi connectivity index (χ1v) is 6.83. The van der Waals surface area contributed by atoms with Crippen molar-refractivity contribution in [2.45, 2.75) is 32.2 Å². The van der Waals surface area contributed by atoms with Gasteiger partial charge >= 0.3 is 0 Å². The molecule has 1 aromatic rings. The van der Waals surface area contributed by atoms with Crippen LogP contribution in [-0.4, -0.2) is 23.6 Å². The Balaban J connectivity index is 1.64. The number of nitrogens with zero attached hydrogens (tertiary/aromatic N) is 1. The summed E-state index contributed by atoms with van der Waals surface area (Å²) >= 11 is 0. The Bertz CT molecular complexity index is 380. The van der Waals surface area contributed by atoms with Crippen molar-refractivity contribution in [3.05, 3.63) is 24.0 Å². The number of carbonyl (C=O) groups excluding carboxylic acids is 1. The van der Waals surface area contributed by atoms with E-state index in [4.69, 9.17) is 0 Å². The number of aryl methyl sites for hydroxylation is 1. The van der Waals surface area contributed by atoms with Crippen LogP contribution in [0.4, 0.5) is 0 Å².